The van der Waals surface area contributed by atoms with Crippen molar-refractivity contribution in [2.75, 3.05) is 18.9 Å². The molecular weight excluding hydrogens is 272 g/mol. The van der Waals surface area contributed by atoms with Crippen LogP contribution in [0.3, 0.4) is 0 Å². The van der Waals surface area contributed by atoms with Crippen LogP contribution in [0.15, 0.2) is 18.2 Å². The summed E-state index contributed by atoms with van der Waals surface area (Å²) >= 11 is 0. The number of carbonyl (C=O) groups excluding carboxylic acids is 1. The summed E-state index contributed by atoms with van der Waals surface area (Å²) < 4.78 is 0. The highest BCUT2D eigenvalue weighted by molar-refractivity contribution is 5.97. The average molecular weight is 292 g/mol. The van der Waals surface area contributed by atoms with Gasteiger partial charge in [-0.15, -0.1) is 0 Å². The minimum atomic E-state index is -1.23. The van der Waals surface area contributed by atoms with Gasteiger partial charge in [0.2, 0.25) is 0 Å². The second kappa shape index (κ2) is 6.47. The van der Waals surface area contributed by atoms with Crippen molar-refractivity contribution >= 4 is 17.7 Å². The average Bonchev–Trinajstić information content (AvgIpc) is 2.93. The number of hydrogen-bond acceptors (Lipinski definition) is 3. The second-order valence-electron chi connectivity index (χ2n) is 5.47. The van der Waals surface area contributed by atoms with E-state index in [2.05, 4.69) is 5.32 Å². The Labute approximate surface area is 123 Å². The van der Waals surface area contributed by atoms with E-state index >= 15 is 0 Å². The number of hydrogen-bond donors (Lipinski definition) is 3. The summed E-state index contributed by atoms with van der Waals surface area (Å²) in [5.74, 6) is -1.13. The zero-order valence-electron chi connectivity index (χ0n) is 12.0. The van der Waals surface area contributed by atoms with Gasteiger partial charge in [-0.3, -0.25) is 0 Å². The number of carbonyl (C=O) groups is 2. The first-order valence-corrected chi connectivity index (χ1v) is 7.06. The van der Waals surface area contributed by atoms with E-state index in [0.29, 0.717) is 12.5 Å². The van der Waals surface area contributed by atoms with Crippen molar-refractivity contribution in [1.82, 2.24) is 4.90 Å². The monoisotopic (exact) mass is 292 g/mol. The number of nitrogens with zero attached hydrogens (tertiary/aromatic N) is 1. The number of amides is 2. The van der Waals surface area contributed by atoms with Crippen molar-refractivity contribution in [2.45, 2.75) is 25.7 Å². The number of phenols is 1. The van der Waals surface area contributed by atoms with Crippen LogP contribution in [0.2, 0.25) is 0 Å². The molecule has 114 valence electrons. The summed E-state index contributed by atoms with van der Waals surface area (Å²) in [5.41, 5.74) is -0.121. The molecule has 2 rings (SSSR count). The van der Waals surface area contributed by atoms with Crippen LogP contribution in [-0.2, 0) is 0 Å². The van der Waals surface area contributed by atoms with Crippen LogP contribution in [0.25, 0.3) is 0 Å². The Morgan fingerprint density at radius 1 is 1.33 bits per heavy atom. The lowest BCUT2D eigenvalue weighted by molar-refractivity contribution is 0.0693. The Morgan fingerprint density at radius 2 is 2.00 bits per heavy atom. The normalized spacial score (nSPS) is 14.9. The number of aromatic carboxylic acids is 1. The van der Waals surface area contributed by atoms with Gasteiger partial charge in [0.1, 0.15) is 5.56 Å². The molecule has 21 heavy (non-hydrogen) atoms. The van der Waals surface area contributed by atoms with Crippen molar-refractivity contribution in [1.29, 1.82) is 0 Å². The van der Waals surface area contributed by atoms with Gasteiger partial charge in [0.25, 0.3) is 0 Å². The van der Waals surface area contributed by atoms with E-state index in [9.17, 15) is 14.7 Å². The topological polar surface area (TPSA) is 89.9 Å². The molecule has 3 N–H and O–H groups in total. The molecule has 0 radical (unpaired) electrons. The first-order valence-electron chi connectivity index (χ1n) is 7.06. The molecule has 6 heteroatoms. The minimum Gasteiger partial charge on any atom is -0.505 e. The molecule has 1 aliphatic carbocycles. The Balaban J connectivity index is 2.01. The summed E-state index contributed by atoms with van der Waals surface area (Å²) in [6.07, 6.45) is 4.69. The third-order valence-electron chi connectivity index (χ3n) is 3.86. The SMILES string of the molecule is CN(CC1CCCC1)C(=O)Nc1cccc(C(=O)O)c1O. The van der Waals surface area contributed by atoms with Crippen molar-refractivity contribution in [2.24, 2.45) is 5.92 Å². The van der Waals surface area contributed by atoms with Crippen LogP contribution >= 0.6 is 0 Å². The first kappa shape index (κ1) is 15.2. The number of urea groups is 1. The summed E-state index contributed by atoms with van der Waals surface area (Å²) in [6.45, 7) is 0.672. The van der Waals surface area contributed by atoms with Crippen molar-refractivity contribution < 1.29 is 19.8 Å². The molecule has 0 bridgehead atoms. The van der Waals surface area contributed by atoms with Crippen LogP contribution in [0.4, 0.5) is 10.5 Å². The van der Waals surface area contributed by atoms with E-state index < -0.39 is 11.7 Å². The Kier molecular flexibility index (Phi) is 4.67. The van der Waals surface area contributed by atoms with Crippen molar-refractivity contribution in [3.8, 4) is 5.75 Å². The van der Waals surface area contributed by atoms with Gasteiger partial charge in [-0.1, -0.05) is 18.9 Å². The van der Waals surface area contributed by atoms with Crippen LogP contribution < -0.4 is 5.32 Å². The maximum Gasteiger partial charge on any atom is 0.339 e. The fraction of sp³-hybridized carbons (Fsp3) is 0.467. The maximum absolute atomic E-state index is 12.1. The highest BCUT2D eigenvalue weighted by Gasteiger charge is 2.21. The summed E-state index contributed by atoms with van der Waals surface area (Å²) in [6, 6.07) is 3.90. The number of rotatable bonds is 4. The van der Waals surface area contributed by atoms with Crippen LogP contribution in [0.5, 0.6) is 5.75 Å². The number of anilines is 1. The first-order chi connectivity index (χ1) is 9.99. The Hall–Kier alpha value is -2.24. The summed E-state index contributed by atoms with van der Waals surface area (Å²) in [5, 5.41) is 21.4. The number of nitrogens with one attached hydrogen (secondary N) is 1. The molecule has 1 fully saturated rings. The van der Waals surface area contributed by atoms with E-state index in [1.807, 2.05) is 0 Å². The quantitative estimate of drug-likeness (QED) is 0.744. The van der Waals surface area contributed by atoms with Gasteiger partial charge in [-0.05, 0) is 30.9 Å². The van der Waals surface area contributed by atoms with E-state index in [1.165, 1.54) is 31.0 Å². The molecule has 0 aliphatic heterocycles. The van der Waals surface area contributed by atoms with E-state index in [0.717, 1.165) is 12.8 Å². The Morgan fingerprint density at radius 3 is 2.62 bits per heavy atom. The molecule has 1 saturated carbocycles. The molecule has 0 unspecified atom stereocenters. The molecular formula is C15H20N2O4. The lowest BCUT2D eigenvalue weighted by Crippen LogP contribution is -2.34. The van der Waals surface area contributed by atoms with Gasteiger partial charge >= 0.3 is 12.0 Å². The molecule has 2 amide bonds. The third-order valence-corrected chi connectivity index (χ3v) is 3.86. The second-order valence-corrected chi connectivity index (χ2v) is 5.47. The van der Waals surface area contributed by atoms with Crippen LogP contribution in [0, 0.1) is 5.92 Å². The predicted octanol–water partition coefficient (Wildman–Crippen LogP) is 2.74. The molecule has 1 aromatic carbocycles. The molecule has 1 aromatic rings. The minimum absolute atomic E-state index is 0.109. The number of benzene rings is 1. The number of carboxylic acids is 1. The van der Waals surface area contributed by atoms with E-state index in [4.69, 9.17) is 5.11 Å². The molecule has 6 nitrogen and oxygen atoms in total. The fourth-order valence-corrected chi connectivity index (χ4v) is 2.69. The van der Waals surface area contributed by atoms with Crippen molar-refractivity contribution in [3.05, 3.63) is 23.8 Å². The highest BCUT2D eigenvalue weighted by Crippen LogP contribution is 2.28. The largest absolute Gasteiger partial charge is 0.505 e. The fourth-order valence-electron chi connectivity index (χ4n) is 2.69. The zero-order valence-corrected chi connectivity index (χ0v) is 12.0. The number of aromatic hydroxyl groups is 1. The molecule has 0 atom stereocenters. The molecule has 0 saturated heterocycles. The lowest BCUT2D eigenvalue weighted by Gasteiger charge is -2.22. The standard InChI is InChI=1S/C15H20N2O4/c1-17(9-10-5-2-3-6-10)15(21)16-12-8-4-7-11(13(12)18)14(19)20/h4,7-8,10,18H,2-3,5-6,9H2,1H3,(H,16,21)(H,19,20). The lowest BCUT2D eigenvalue weighted by atomic mass is 10.1. The van der Waals surface area contributed by atoms with E-state index in [-0.39, 0.29) is 17.3 Å². The van der Waals surface area contributed by atoms with Gasteiger partial charge in [-0.2, -0.15) is 0 Å². The molecule has 1 aliphatic rings. The smallest absolute Gasteiger partial charge is 0.339 e. The van der Waals surface area contributed by atoms with Crippen LogP contribution in [0.1, 0.15) is 36.0 Å². The molecule has 0 spiro atoms. The third kappa shape index (κ3) is 3.65. The summed E-state index contributed by atoms with van der Waals surface area (Å²) in [7, 11) is 1.70. The number of carboxylic acid groups (broad SMARTS) is 1. The van der Waals surface area contributed by atoms with Gasteiger partial charge in [-0.25, -0.2) is 9.59 Å². The van der Waals surface area contributed by atoms with Crippen molar-refractivity contribution in [3.63, 3.8) is 0 Å². The van der Waals surface area contributed by atoms with E-state index in [1.54, 1.807) is 11.9 Å². The molecule has 0 heterocycles. The van der Waals surface area contributed by atoms with Gasteiger partial charge in [0, 0.05) is 13.6 Å². The predicted molar refractivity (Wildman–Crippen MR) is 78.7 cm³/mol. The zero-order chi connectivity index (χ0) is 15.4. The van der Waals surface area contributed by atoms with Crippen LogP contribution in [-0.4, -0.2) is 40.7 Å². The maximum atomic E-state index is 12.1. The van der Waals surface area contributed by atoms with Gasteiger partial charge in [0.15, 0.2) is 5.75 Å². The molecule has 0 aromatic heterocycles. The highest BCUT2D eigenvalue weighted by atomic mass is 16.4. The number of para-hydroxylation sites is 1. The van der Waals surface area contributed by atoms with Gasteiger partial charge < -0.3 is 20.4 Å². The Bertz CT molecular complexity index is 538. The van der Waals surface area contributed by atoms with Gasteiger partial charge in [0.05, 0.1) is 5.69 Å². The summed E-state index contributed by atoms with van der Waals surface area (Å²) in [4.78, 5) is 24.6.